The van der Waals surface area contributed by atoms with Crippen molar-refractivity contribution >= 4 is 32.6 Å². The molecule has 2 aliphatic heterocycles. The highest BCUT2D eigenvalue weighted by Crippen LogP contribution is 2.27. The molecular formula is C35H35F4N3O7S. The molecule has 2 amide bonds. The largest absolute Gasteiger partial charge is 0.573 e. The molecule has 2 aliphatic rings. The minimum Gasteiger partial charge on any atom is -0.490 e. The van der Waals surface area contributed by atoms with Crippen LogP contribution in [0.2, 0.25) is 0 Å². The van der Waals surface area contributed by atoms with Gasteiger partial charge in [-0.25, -0.2) is 12.8 Å². The molecule has 266 valence electrons. The molecule has 0 saturated carbocycles. The molecule has 0 spiro atoms. The standard InChI is InChI=1S/C35H35F4N3O7S/c1-50(45,46)28-9-7-25(8-10-28)47-26-12-16-42(17-13-26)34(44)23-4-11-31-24(18-23)19-32(48-31)33(43)40-30-14-15-41(21-29(30)36)20-22-2-5-27(6-3-22)49-35(37,38)39/h2-11,18-19,26,29-30H,12-17,20-21H2,1H3,(H,40,43)/t29-,30-/m1/s1. The molecule has 10 nitrogen and oxygen atoms in total. The van der Waals surface area contributed by atoms with Gasteiger partial charge in [0.15, 0.2) is 15.6 Å². The van der Waals surface area contributed by atoms with E-state index in [2.05, 4.69) is 10.1 Å². The SMILES string of the molecule is CS(=O)(=O)c1ccc(OC2CCN(C(=O)c3ccc4oc(C(=O)N[C@@H]5CCN(Cc6ccc(OC(F)(F)F)cc6)C[C@H]5F)cc4c3)CC2)cc1. The van der Waals surface area contributed by atoms with Gasteiger partial charge in [0.1, 0.15) is 29.4 Å². The van der Waals surface area contributed by atoms with Crippen LogP contribution < -0.4 is 14.8 Å². The molecule has 0 radical (unpaired) electrons. The number of likely N-dealkylation sites (tertiary alicyclic amines) is 2. The molecule has 3 aromatic carbocycles. The zero-order chi connectivity index (χ0) is 35.6. The fraction of sp³-hybridized carbons (Fsp3) is 0.371. The number of amides is 2. The first-order valence-corrected chi connectivity index (χ1v) is 17.9. The van der Waals surface area contributed by atoms with Crippen LogP contribution in [0.25, 0.3) is 11.0 Å². The van der Waals surface area contributed by atoms with Gasteiger partial charge in [-0.15, -0.1) is 13.2 Å². The van der Waals surface area contributed by atoms with Crippen molar-refractivity contribution in [3.05, 3.63) is 89.7 Å². The summed E-state index contributed by atoms with van der Waals surface area (Å²) in [6, 6.07) is 17.3. The molecule has 50 heavy (non-hydrogen) atoms. The summed E-state index contributed by atoms with van der Waals surface area (Å²) in [6.45, 7) is 1.74. The molecule has 0 unspecified atom stereocenters. The summed E-state index contributed by atoms with van der Waals surface area (Å²) in [5.41, 5.74) is 1.53. The van der Waals surface area contributed by atoms with Crippen LogP contribution in [-0.4, -0.2) is 87.1 Å². The van der Waals surface area contributed by atoms with Gasteiger partial charge in [0.05, 0.1) is 10.9 Å². The van der Waals surface area contributed by atoms with Gasteiger partial charge in [-0.1, -0.05) is 12.1 Å². The predicted molar refractivity (Wildman–Crippen MR) is 174 cm³/mol. The number of hydrogen-bond donors (Lipinski definition) is 1. The smallest absolute Gasteiger partial charge is 0.490 e. The Hall–Kier alpha value is -4.63. The molecular weight excluding hydrogens is 682 g/mol. The maximum absolute atomic E-state index is 15.1. The van der Waals surface area contributed by atoms with Crippen molar-refractivity contribution in [3.63, 3.8) is 0 Å². The first-order chi connectivity index (χ1) is 23.7. The van der Waals surface area contributed by atoms with Crippen LogP contribution in [0, 0.1) is 0 Å². The van der Waals surface area contributed by atoms with Crippen molar-refractivity contribution in [3.8, 4) is 11.5 Å². The van der Waals surface area contributed by atoms with E-state index in [1.165, 1.54) is 42.5 Å². The zero-order valence-corrected chi connectivity index (χ0v) is 27.8. The van der Waals surface area contributed by atoms with E-state index in [0.717, 1.165) is 6.26 Å². The lowest BCUT2D eigenvalue weighted by molar-refractivity contribution is -0.274. The van der Waals surface area contributed by atoms with E-state index >= 15 is 4.39 Å². The number of furan rings is 1. The van der Waals surface area contributed by atoms with Gasteiger partial charge >= 0.3 is 6.36 Å². The summed E-state index contributed by atoms with van der Waals surface area (Å²) in [5.74, 6) is -0.536. The van der Waals surface area contributed by atoms with Gasteiger partial charge in [-0.05, 0) is 72.6 Å². The van der Waals surface area contributed by atoms with E-state index in [0.29, 0.717) is 73.3 Å². The Kier molecular flexibility index (Phi) is 10.1. The molecule has 2 fully saturated rings. The lowest BCUT2D eigenvalue weighted by Gasteiger charge is -2.34. The van der Waals surface area contributed by atoms with E-state index in [1.54, 1.807) is 35.2 Å². The summed E-state index contributed by atoms with van der Waals surface area (Å²) >= 11 is 0. The fourth-order valence-electron chi connectivity index (χ4n) is 6.17. The highest BCUT2D eigenvalue weighted by atomic mass is 32.2. The van der Waals surface area contributed by atoms with Gasteiger partial charge in [-0.2, -0.15) is 0 Å². The quantitative estimate of drug-likeness (QED) is 0.217. The van der Waals surface area contributed by atoms with Gasteiger partial charge in [0.25, 0.3) is 11.8 Å². The van der Waals surface area contributed by atoms with E-state index in [9.17, 15) is 31.2 Å². The Labute approximate surface area is 285 Å². The topological polar surface area (TPSA) is 118 Å². The minimum atomic E-state index is -4.78. The Morgan fingerprint density at radius 3 is 2.24 bits per heavy atom. The third kappa shape index (κ3) is 8.74. The van der Waals surface area contributed by atoms with E-state index in [-0.39, 0.29) is 35.0 Å². The monoisotopic (exact) mass is 717 g/mol. The highest BCUT2D eigenvalue weighted by Gasteiger charge is 2.33. The molecule has 15 heteroatoms. The number of halogens is 4. The highest BCUT2D eigenvalue weighted by molar-refractivity contribution is 7.90. The first kappa shape index (κ1) is 35.2. The second-order valence-corrected chi connectivity index (χ2v) is 14.5. The summed E-state index contributed by atoms with van der Waals surface area (Å²) < 4.78 is 91.3. The van der Waals surface area contributed by atoms with Crippen molar-refractivity contribution in [1.29, 1.82) is 0 Å². The second-order valence-electron chi connectivity index (χ2n) is 12.5. The number of piperidine rings is 2. The lowest BCUT2D eigenvalue weighted by Crippen LogP contribution is -2.52. The lowest BCUT2D eigenvalue weighted by atomic mass is 10.0. The number of benzene rings is 3. The summed E-state index contributed by atoms with van der Waals surface area (Å²) in [4.78, 5) is 30.1. The second kappa shape index (κ2) is 14.3. The number of hydrogen-bond acceptors (Lipinski definition) is 8. The number of nitrogens with one attached hydrogen (secondary N) is 1. The van der Waals surface area contributed by atoms with Crippen molar-refractivity contribution in [2.75, 3.05) is 32.4 Å². The van der Waals surface area contributed by atoms with Crippen molar-refractivity contribution in [2.45, 2.75) is 55.4 Å². The van der Waals surface area contributed by atoms with Crippen molar-refractivity contribution in [2.24, 2.45) is 0 Å². The van der Waals surface area contributed by atoms with Gasteiger partial charge in [0, 0.05) is 62.8 Å². The third-order valence-corrected chi connectivity index (χ3v) is 9.90. The Bertz CT molecular complexity index is 1940. The van der Waals surface area contributed by atoms with E-state index in [4.69, 9.17) is 9.15 Å². The molecule has 3 heterocycles. The maximum atomic E-state index is 15.1. The van der Waals surface area contributed by atoms with E-state index < -0.39 is 34.3 Å². The summed E-state index contributed by atoms with van der Waals surface area (Å²) in [7, 11) is -3.30. The average Bonchev–Trinajstić information content (AvgIpc) is 3.50. The Morgan fingerprint density at radius 2 is 1.60 bits per heavy atom. The molecule has 0 aliphatic carbocycles. The van der Waals surface area contributed by atoms with Crippen LogP contribution in [0.3, 0.4) is 0 Å². The molecule has 0 bridgehead atoms. The number of rotatable bonds is 9. The number of carbonyl (C=O) groups excluding carboxylic acids is 2. The number of fused-ring (bicyclic) bond motifs is 1. The minimum absolute atomic E-state index is 0.0112. The number of sulfone groups is 1. The Balaban J connectivity index is 0.988. The number of ether oxygens (including phenoxy) is 2. The molecule has 1 aromatic heterocycles. The molecule has 4 aromatic rings. The van der Waals surface area contributed by atoms with Crippen LogP contribution in [-0.2, 0) is 16.4 Å². The molecule has 6 rings (SSSR count). The fourth-order valence-corrected chi connectivity index (χ4v) is 6.80. The van der Waals surface area contributed by atoms with Crippen LogP contribution in [0.4, 0.5) is 17.6 Å². The predicted octanol–water partition coefficient (Wildman–Crippen LogP) is 5.76. The van der Waals surface area contributed by atoms with Crippen LogP contribution in [0.1, 0.15) is 45.7 Å². The van der Waals surface area contributed by atoms with Crippen LogP contribution in [0.5, 0.6) is 11.5 Å². The molecule has 1 N–H and O–H groups in total. The van der Waals surface area contributed by atoms with E-state index in [1.807, 2.05) is 4.90 Å². The molecule has 2 atom stereocenters. The summed E-state index contributed by atoms with van der Waals surface area (Å²) in [6.07, 6.45) is -3.63. The zero-order valence-electron chi connectivity index (χ0n) is 27.0. The van der Waals surface area contributed by atoms with Crippen molar-refractivity contribution in [1.82, 2.24) is 15.1 Å². The Morgan fingerprint density at radius 1 is 0.920 bits per heavy atom. The third-order valence-electron chi connectivity index (χ3n) is 8.78. The van der Waals surface area contributed by atoms with Gasteiger partial charge in [0.2, 0.25) is 0 Å². The normalized spacial score (nSPS) is 19.3. The maximum Gasteiger partial charge on any atom is 0.573 e. The average molecular weight is 718 g/mol. The number of carbonyl (C=O) groups is 2. The van der Waals surface area contributed by atoms with Crippen molar-refractivity contribution < 1.29 is 49.5 Å². The first-order valence-electron chi connectivity index (χ1n) is 16.0. The number of nitrogens with zero attached hydrogens (tertiary/aromatic N) is 2. The molecule has 2 saturated heterocycles. The summed E-state index contributed by atoms with van der Waals surface area (Å²) in [5, 5.41) is 3.26. The van der Waals surface area contributed by atoms with Crippen LogP contribution in [0.15, 0.2) is 82.1 Å². The van der Waals surface area contributed by atoms with Gasteiger partial charge < -0.3 is 24.1 Å². The van der Waals surface area contributed by atoms with Crippen LogP contribution >= 0.6 is 0 Å². The number of alkyl halides is 4. The van der Waals surface area contributed by atoms with Gasteiger partial charge in [-0.3, -0.25) is 14.5 Å².